The molecule has 0 aliphatic carbocycles. The SMILES string of the molecule is CCN1C(=O)NC(=Cc2c[nH]c3ccncc23)C1=O. The standard InChI is InChI=1S/C13H12N4O2/c1-2-17-12(18)11(16-13(17)19)5-8-6-15-10-3-4-14-7-9(8)10/h3-7,15H,2H2,1H3,(H,16,19). The van der Waals surface area contributed by atoms with Crippen molar-refractivity contribution in [2.45, 2.75) is 6.92 Å². The zero-order valence-electron chi connectivity index (χ0n) is 10.3. The Kier molecular flexibility index (Phi) is 2.56. The number of hydrogen-bond donors (Lipinski definition) is 2. The number of hydrogen-bond acceptors (Lipinski definition) is 3. The monoisotopic (exact) mass is 256 g/mol. The van der Waals surface area contributed by atoms with Gasteiger partial charge in [-0.25, -0.2) is 4.79 Å². The van der Waals surface area contributed by atoms with E-state index in [1.807, 2.05) is 6.07 Å². The predicted octanol–water partition coefficient (Wildman–Crippen LogP) is 1.48. The molecule has 6 heteroatoms. The molecule has 2 aromatic rings. The van der Waals surface area contributed by atoms with E-state index in [2.05, 4.69) is 15.3 Å². The molecule has 96 valence electrons. The number of carbonyl (C=O) groups excluding carboxylic acids is 2. The summed E-state index contributed by atoms with van der Waals surface area (Å²) < 4.78 is 0. The molecule has 0 radical (unpaired) electrons. The fourth-order valence-corrected chi connectivity index (χ4v) is 2.12. The number of nitrogens with zero attached hydrogens (tertiary/aromatic N) is 2. The maximum atomic E-state index is 12.0. The molecule has 0 atom stereocenters. The topological polar surface area (TPSA) is 78.1 Å². The molecule has 2 aromatic heterocycles. The van der Waals surface area contributed by atoms with E-state index < -0.39 is 0 Å². The molecule has 0 bridgehead atoms. The van der Waals surface area contributed by atoms with Crippen molar-refractivity contribution in [3.8, 4) is 0 Å². The van der Waals surface area contributed by atoms with Gasteiger partial charge in [0, 0.05) is 41.6 Å². The summed E-state index contributed by atoms with van der Waals surface area (Å²) in [5, 5.41) is 3.48. The van der Waals surface area contributed by atoms with E-state index in [9.17, 15) is 9.59 Å². The summed E-state index contributed by atoms with van der Waals surface area (Å²) >= 11 is 0. The molecule has 0 unspecified atom stereocenters. The van der Waals surface area contributed by atoms with Crippen LogP contribution in [0, 0.1) is 0 Å². The number of fused-ring (bicyclic) bond motifs is 1. The predicted molar refractivity (Wildman–Crippen MR) is 70.0 cm³/mol. The molecule has 3 rings (SSSR count). The van der Waals surface area contributed by atoms with Crippen LogP contribution in [0.25, 0.3) is 17.0 Å². The zero-order valence-corrected chi connectivity index (χ0v) is 10.3. The normalized spacial score (nSPS) is 17.5. The Balaban J connectivity index is 2.03. The number of H-pyrrole nitrogens is 1. The van der Waals surface area contributed by atoms with Gasteiger partial charge in [-0.3, -0.25) is 14.7 Å². The fourth-order valence-electron chi connectivity index (χ4n) is 2.12. The number of carbonyl (C=O) groups is 2. The Labute approximate surface area is 109 Å². The van der Waals surface area contributed by atoms with Gasteiger partial charge in [0.05, 0.1) is 0 Å². The second-order valence-electron chi connectivity index (χ2n) is 4.20. The van der Waals surface area contributed by atoms with Crippen LogP contribution in [0.3, 0.4) is 0 Å². The van der Waals surface area contributed by atoms with Gasteiger partial charge in [-0.2, -0.15) is 0 Å². The molecular formula is C13H12N4O2. The van der Waals surface area contributed by atoms with E-state index in [4.69, 9.17) is 0 Å². The van der Waals surface area contributed by atoms with Gasteiger partial charge < -0.3 is 10.3 Å². The average molecular weight is 256 g/mol. The van der Waals surface area contributed by atoms with Gasteiger partial charge in [0.1, 0.15) is 5.70 Å². The van der Waals surface area contributed by atoms with Crippen LogP contribution in [-0.2, 0) is 4.79 Å². The smallest absolute Gasteiger partial charge is 0.328 e. The Morgan fingerprint density at radius 1 is 1.42 bits per heavy atom. The van der Waals surface area contributed by atoms with Crippen LogP contribution in [0.2, 0.25) is 0 Å². The van der Waals surface area contributed by atoms with Crippen LogP contribution in [0.15, 0.2) is 30.4 Å². The van der Waals surface area contributed by atoms with Gasteiger partial charge in [-0.15, -0.1) is 0 Å². The number of imide groups is 1. The first-order chi connectivity index (χ1) is 9.20. The van der Waals surface area contributed by atoms with Gasteiger partial charge in [0.15, 0.2) is 0 Å². The number of amides is 3. The Bertz CT molecular complexity index is 701. The van der Waals surface area contributed by atoms with Gasteiger partial charge in [-0.05, 0) is 19.1 Å². The maximum Gasteiger partial charge on any atom is 0.328 e. The highest BCUT2D eigenvalue weighted by molar-refractivity contribution is 6.14. The summed E-state index contributed by atoms with van der Waals surface area (Å²) in [6.45, 7) is 2.12. The van der Waals surface area contributed by atoms with Crippen LogP contribution >= 0.6 is 0 Å². The number of likely N-dealkylation sites (N-methyl/N-ethyl adjacent to an activating group) is 1. The highest BCUT2D eigenvalue weighted by Gasteiger charge is 2.32. The minimum atomic E-state index is -0.378. The second-order valence-corrected chi connectivity index (χ2v) is 4.20. The van der Waals surface area contributed by atoms with Crippen molar-refractivity contribution in [2.75, 3.05) is 6.54 Å². The van der Waals surface area contributed by atoms with E-state index in [1.165, 1.54) is 4.90 Å². The fraction of sp³-hybridized carbons (Fsp3) is 0.154. The molecule has 0 spiro atoms. The number of nitrogens with one attached hydrogen (secondary N) is 2. The van der Waals surface area contributed by atoms with Crippen LogP contribution in [0.4, 0.5) is 4.79 Å². The van der Waals surface area contributed by atoms with Crippen molar-refractivity contribution < 1.29 is 9.59 Å². The first-order valence-corrected chi connectivity index (χ1v) is 5.96. The molecule has 3 amide bonds. The average Bonchev–Trinajstić information content (AvgIpc) is 2.93. The van der Waals surface area contributed by atoms with E-state index in [0.717, 1.165) is 16.5 Å². The first-order valence-electron chi connectivity index (χ1n) is 5.96. The molecule has 0 saturated carbocycles. The number of aromatic amines is 1. The third-order valence-electron chi connectivity index (χ3n) is 3.09. The minimum absolute atomic E-state index is 0.289. The molecule has 1 aliphatic rings. The lowest BCUT2D eigenvalue weighted by molar-refractivity contribution is -0.122. The summed E-state index contributed by atoms with van der Waals surface area (Å²) in [6.07, 6.45) is 6.86. The molecule has 1 fully saturated rings. The molecule has 2 N–H and O–H groups in total. The number of rotatable bonds is 2. The number of aromatic nitrogens is 2. The Morgan fingerprint density at radius 3 is 3.00 bits per heavy atom. The highest BCUT2D eigenvalue weighted by atomic mass is 16.2. The molecular weight excluding hydrogens is 244 g/mol. The molecule has 3 heterocycles. The van der Waals surface area contributed by atoms with Crippen molar-refractivity contribution in [2.24, 2.45) is 0 Å². The third-order valence-corrected chi connectivity index (χ3v) is 3.09. The summed E-state index contributed by atoms with van der Waals surface area (Å²) in [5.74, 6) is -0.300. The quantitative estimate of drug-likeness (QED) is 0.631. The highest BCUT2D eigenvalue weighted by Crippen LogP contribution is 2.20. The van der Waals surface area contributed by atoms with Gasteiger partial charge in [-0.1, -0.05) is 0 Å². The van der Waals surface area contributed by atoms with Gasteiger partial charge in [0.2, 0.25) is 0 Å². The summed E-state index contributed by atoms with van der Waals surface area (Å²) in [6, 6.07) is 1.47. The summed E-state index contributed by atoms with van der Waals surface area (Å²) in [4.78, 5) is 31.8. The minimum Gasteiger partial charge on any atom is -0.360 e. The third kappa shape index (κ3) is 1.77. The molecule has 0 aromatic carbocycles. The molecule has 6 nitrogen and oxygen atoms in total. The van der Waals surface area contributed by atoms with Crippen molar-refractivity contribution in [1.82, 2.24) is 20.2 Å². The lowest BCUT2D eigenvalue weighted by Crippen LogP contribution is -2.30. The largest absolute Gasteiger partial charge is 0.360 e. The Morgan fingerprint density at radius 2 is 2.26 bits per heavy atom. The summed E-state index contributed by atoms with van der Waals surface area (Å²) in [7, 11) is 0. The molecule has 19 heavy (non-hydrogen) atoms. The van der Waals surface area contributed by atoms with E-state index >= 15 is 0 Å². The van der Waals surface area contributed by atoms with E-state index in [-0.39, 0.29) is 17.6 Å². The van der Waals surface area contributed by atoms with Crippen LogP contribution in [0.5, 0.6) is 0 Å². The van der Waals surface area contributed by atoms with Crippen molar-refractivity contribution in [1.29, 1.82) is 0 Å². The van der Waals surface area contributed by atoms with Crippen LogP contribution in [0.1, 0.15) is 12.5 Å². The van der Waals surface area contributed by atoms with Gasteiger partial charge >= 0.3 is 6.03 Å². The van der Waals surface area contributed by atoms with E-state index in [1.54, 1.807) is 31.6 Å². The van der Waals surface area contributed by atoms with Crippen LogP contribution < -0.4 is 5.32 Å². The maximum absolute atomic E-state index is 12.0. The summed E-state index contributed by atoms with van der Waals surface area (Å²) in [5.41, 5.74) is 2.05. The Hall–Kier alpha value is -2.63. The van der Waals surface area contributed by atoms with Crippen molar-refractivity contribution in [3.05, 3.63) is 35.9 Å². The molecule has 1 saturated heterocycles. The zero-order chi connectivity index (χ0) is 13.4. The number of pyridine rings is 1. The van der Waals surface area contributed by atoms with Gasteiger partial charge in [0.25, 0.3) is 5.91 Å². The van der Waals surface area contributed by atoms with Crippen molar-refractivity contribution >= 4 is 28.9 Å². The van der Waals surface area contributed by atoms with Crippen molar-refractivity contribution in [3.63, 3.8) is 0 Å². The van der Waals surface area contributed by atoms with Crippen LogP contribution in [-0.4, -0.2) is 33.4 Å². The first kappa shape index (κ1) is 11.5. The molecule has 1 aliphatic heterocycles. The lowest BCUT2D eigenvalue weighted by Gasteiger charge is -2.05. The second kappa shape index (κ2) is 4.24. The lowest BCUT2D eigenvalue weighted by atomic mass is 10.2. The van der Waals surface area contributed by atoms with E-state index in [0.29, 0.717) is 6.54 Å². The number of urea groups is 1.